The van der Waals surface area contributed by atoms with Gasteiger partial charge in [0.1, 0.15) is 23.5 Å². The predicted octanol–water partition coefficient (Wildman–Crippen LogP) is 2.20. The Morgan fingerprint density at radius 1 is 1.21 bits per heavy atom. The zero-order chi connectivity index (χ0) is 21.7. The summed E-state index contributed by atoms with van der Waals surface area (Å²) < 4.78 is 5.31. The van der Waals surface area contributed by atoms with Crippen LogP contribution in [0.5, 0.6) is 5.75 Å². The molecule has 1 aliphatic heterocycles. The Morgan fingerprint density at radius 3 is 2.52 bits per heavy atom. The summed E-state index contributed by atoms with van der Waals surface area (Å²) in [6, 6.07) is 1.14. The summed E-state index contributed by atoms with van der Waals surface area (Å²) in [6.45, 7) is 2.84. The van der Waals surface area contributed by atoms with Gasteiger partial charge in [-0.2, -0.15) is 0 Å². The minimum atomic E-state index is -1.62. The molecule has 156 valence electrons. The van der Waals surface area contributed by atoms with Gasteiger partial charge in [-0.1, -0.05) is 29.8 Å². The van der Waals surface area contributed by atoms with Gasteiger partial charge < -0.3 is 25.4 Å². The van der Waals surface area contributed by atoms with Crippen molar-refractivity contribution in [1.29, 1.82) is 0 Å². The van der Waals surface area contributed by atoms with Gasteiger partial charge in [-0.3, -0.25) is 9.59 Å². The molecule has 1 aromatic carbocycles. The van der Waals surface area contributed by atoms with E-state index in [0.29, 0.717) is 0 Å². The molecule has 0 unspecified atom stereocenters. The van der Waals surface area contributed by atoms with Crippen LogP contribution in [0.25, 0.3) is 6.08 Å². The van der Waals surface area contributed by atoms with E-state index in [9.17, 15) is 29.7 Å². The zero-order valence-electron chi connectivity index (χ0n) is 15.9. The highest BCUT2D eigenvalue weighted by atomic mass is 35.5. The number of carbonyl (C=O) groups excluding carboxylic acids is 3. The van der Waals surface area contributed by atoms with E-state index in [2.05, 4.69) is 5.32 Å². The van der Waals surface area contributed by atoms with Gasteiger partial charge >= 0.3 is 5.97 Å². The molecular formula is C20H22ClNO7. The van der Waals surface area contributed by atoms with Gasteiger partial charge in [0.15, 0.2) is 5.78 Å². The molecule has 3 atom stereocenters. The maximum Gasteiger partial charge on any atom is 0.342 e. The van der Waals surface area contributed by atoms with Gasteiger partial charge in [-0.05, 0) is 19.4 Å². The van der Waals surface area contributed by atoms with Crippen molar-refractivity contribution in [3.63, 3.8) is 0 Å². The minimum absolute atomic E-state index is 0.0213. The Kier molecular flexibility index (Phi) is 7.55. The molecule has 1 heterocycles. The maximum absolute atomic E-state index is 12.6. The van der Waals surface area contributed by atoms with Crippen molar-refractivity contribution in [2.24, 2.45) is 0 Å². The number of aliphatic hydroxyl groups is 2. The molecule has 1 aliphatic rings. The molecule has 0 saturated carbocycles. The first-order valence-corrected chi connectivity index (χ1v) is 9.26. The number of benzene rings is 1. The fourth-order valence-corrected chi connectivity index (χ4v) is 2.98. The highest BCUT2D eigenvalue weighted by Gasteiger charge is 2.25. The summed E-state index contributed by atoms with van der Waals surface area (Å²) in [7, 11) is 0. The molecule has 0 aliphatic carbocycles. The Balaban J connectivity index is 2.56. The van der Waals surface area contributed by atoms with E-state index in [1.807, 2.05) is 0 Å². The lowest BCUT2D eigenvalue weighted by Crippen LogP contribution is -2.32. The number of hydrogen-bond acceptors (Lipinski definition) is 7. The van der Waals surface area contributed by atoms with Crippen molar-refractivity contribution in [3.05, 3.63) is 40.4 Å². The highest BCUT2D eigenvalue weighted by Crippen LogP contribution is 2.37. The number of ether oxygens (including phenoxy) is 1. The average molecular weight is 424 g/mol. The van der Waals surface area contributed by atoms with Crippen LogP contribution in [0.15, 0.2) is 24.3 Å². The first-order chi connectivity index (χ1) is 13.6. The van der Waals surface area contributed by atoms with Gasteiger partial charge in [0, 0.05) is 25.0 Å². The number of carbonyl (C=O) groups is 3. The average Bonchev–Trinajstić information content (AvgIpc) is 2.63. The van der Waals surface area contributed by atoms with E-state index >= 15 is 0 Å². The summed E-state index contributed by atoms with van der Waals surface area (Å²) in [5, 5.41) is 32.7. The molecule has 8 nitrogen and oxygen atoms in total. The fraction of sp³-hybridized carbons (Fsp3) is 0.350. The SMILES string of the molecule is CC(=O)Nc1cc(O)c2c(c1Cl)/C=C/C[C@H](O)[C@H](O)C(=O)/C=C\C[C@H](C)OC2=O. The van der Waals surface area contributed by atoms with Crippen LogP contribution in [-0.4, -0.2) is 51.3 Å². The summed E-state index contributed by atoms with van der Waals surface area (Å²) >= 11 is 6.32. The lowest BCUT2D eigenvalue weighted by Gasteiger charge is -2.18. The number of ketones is 1. The largest absolute Gasteiger partial charge is 0.507 e. The number of halogens is 1. The van der Waals surface area contributed by atoms with Crippen LogP contribution in [0.4, 0.5) is 5.69 Å². The van der Waals surface area contributed by atoms with Crippen molar-refractivity contribution in [3.8, 4) is 5.75 Å². The number of rotatable bonds is 1. The lowest BCUT2D eigenvalue weighted by atomic mass is 10.0. The third-order valence-corrected chi connectivity index (χ3v) is 4.58. The second-order valence-electron chi connectivity index (χ2n) is 6.63. The molecule has 0 aromatic heterocycles. The first kappa shape index (κ1) is 22.6. The Hall–Kier alpha value is -2.68. The summed E-state index contributed by atoms with van der Waals surface area (Å²) in [4.78, 5) is 35.9. The zero-order valence-corrected chi connectivity index (χ0v) is 16.6. The van der Waals surface area contributed by atoms with Crippen LogP contribution in [0.2, 0.25) is 5.02 Å². The van der Waals surface area contributed by atoms with Crippen molar-refractivity contribution in [2.45, 2.75) is 45.0 Å². The molecule has 0 radical (unpaired) electrons. The minimum Gasteiger partial charge on any atom is -0.507 e. The number of aliphatic hydroxyl groups excluding tert-OH is 2. The van der Waals surface area contributed by atoms with Gasteiger partial charge in [0.05, 0.1) is 16.8 Å². The van der Waals surface area contributed by atoms with E-state index in [0.717, 1.165) is 12.1 Å². The molecule has 0 fully saturated rings. The number of hydrogen-bond donors (Lipinski definition) is 4. The van der Waals surface area contributed by atoms with Gasteiger partial charge in [-0.15, -0.1) is 0 Å². The van der Waals surface area contributed by atoms with Gasteiger partial charge in [0.25, 0.3) is 0 Å². The van der Waals surface area contributed by atoms with E-state index in [1.54, 1.807) is 6.92 Å². The quantitative estimate of drug-likeness (QED) is 0.509. The molecule has 4 N–H and O–H groups in total. The first-order valence-electron chi connectivity index (χ1n) is 8.88. The normalized spacial score (nSPS) is 25.3. The van der Waals surface area contributed by atoms with E-state index in [-0.39, 0.29) is 34.7 Å². The van der Waals surface area contributed by atoms with Crippen LogP contribution in [0.1, 0.15) is 42.6 Å². The molecule has 29 heavy (non-hydrogen) atoms. The van der Waals surface area contributed by atoms with Gasteiger partial charge in [-0.25, -0.2) is 4.79 Å². The number of aromatic hydroxyl groups is 1. The van der Waals surface area contributed by atoms with E-state index < -0.39 is 41.7 Å². The molecular weight excluding hydrogens is 402 g/mol. The Bertz CT molecular complexity index is 878. The number of amides is 1. The molecule has 2 rings (SSSR count). The number of anilines is 1. The van der Waals surface area contributed by atoms with Crippen LogP contribution in [0.3, 0.4) is 0 Å². The molecule has 0 bridgehead atoms. The lowest BCUT2D eigenvalue weighted by molar-refractivity contribution is -0.127. The second kappa shape index (κ2) is 9.69. The summed E-state index contributed by atoms with van der Waals surface area (Å²) in [5.41, 5.74) is -0.0617. The molecule has 0 saturated heterocycles. The van der Waals surface area contributed by atoms with Crippen molar-refractivity contribution in [1.82, 2.24) is 0 Å². The predicted molar refractivity (Wildman–Crippen MR) is 107 cm³/mol. The number of cyclic esters (lactones) is 1. The number of esters is 1. The Morgan fingerprint density at radius 2 is 1.86 bits per heavy atom. The molecule has 1 aromatic rings. The standard InChI is InChI=1S/C20H22ClNO7/c1-10-5-3-7-14(24)19(27)15(25)8-4-6-12-17(20(28)29-10)16(26)9-13(18(12)21)22-11(2)23/h3-4,6-7,9-10,15,19,25-27H,5,8H2,1-2H3,(H,22,23)/b6-4+,7-3-/t10-,15-,19+/m0/s1. The van der Waals surface area contributed by atoms with Crippen LogP contribution < -0.4 is 5.32 Å². The van der Waals surface area contributed by atoms with Crippen molar-refractivity contribution < 1.29 is 34.4 Å². The summed E-state index contributed by atoms with van der Waals surface area (Å²) in [5.74, 6) is -2.40. The fourth-order valence-electron chi connectivity index (χ4n) is 2.72. The third-order valence-electron chi connectivity index (χ3n) is 4.17. The van der Waals surface area contributed by atoms with Crippen LogP contribution >= 0.6 is 11.6 Å². The molecule has 0 spiro atoms. The van der Waals surface area contributed by atoms with Crippen LogP contribution in [0, 0.1) is 0 Å². The Labute approximate surface area is 172 Å². The molecule has 1 amide bonds. The number of fused-ring (bicyclic) bond motifs is 1. The highest BCUT2D eigenvalue weighted by molar-refractivity contribution is 6.36. The smallest absolute Gasteiger partial charge is 0.342 e. The monoisotopic (exact) mass is 423 g/mol. The van der Waals surface area contributed by atoms with Crippen LogP contribution in [-0.2, 0) is 14.3 Å². The van der Waals surface area contributed by atoms with Crippen molar-refractivity contribution >= 4 is 41.0 Å². The number of nitrogens with one attached hydrogen (secondary N) is 1. The maximum atomic E-state index is 12.6. The molecule has 9 heteroatoms. The third kappa shape index (κ3) is 5.66. The number of phenols is 1. The van der Waals surface area contributed by atoms with E-state index in [4.69, 9.17) is 16.3 Å². The van der Waals surface area contributed by atoms with E-state index in [1.165, 1.54) is 25.2 Å². The van der Waals surface area contributed by atoms with Gasteiger partial charge in [0.2, 0.25) is 5.91 Å². The number of phenolic OH excluding ortho intramolecular Hbond substituents is 1. The second-order valence-corrected chi connectivity index (χ2v) is 7.01. The topological polar surface area (TPSA) is 133 Å². The van der Waals surface area contributed by atoms with Crippen molar-refractivity contribution in [2.75, 3.05) is 5.32 Å². The summed E-state index contributed by atoms with van der Waals surface area (Å²) in [6.07, 6.45) is 1.65.